The minimum atomic E-state index is -0.543. The van der Waals surface area contributed by atoms with Gasteiger partial charge in [-0.2, -0.15) is 5.10 Å². The van der Waals surface area contributed by atoms with E-state index in [1.165, 1.54) is 4.90 Å². The van der Waals surface area contributed by atoms with Gasteiger partial charge >= 0.3 is 12.0 Å². The average Bonchev–Trinajstić information content (AvgIpc) is 3.26. The number of ether oxygens (including phenoxy) is 1. The van der Waals surface area contributed by atoms with Gasteiger partial charge in [0, 0.05) is 18.2 Å². The Kier molecular flexibility index (Phi) is 9.25. The lowest BCUT2D eigenvalue weighted by Gasteiger charge is -2.22. The molecule has 0 aliphatic rings. The monoisotopic (exact) mass is 497 g/mol. The van der Waals surface area contributed by atoms with Gasteiger partial charge in [0.15, 0.2) is 0 Å². The number of carbonyl (C=O) groups is 3. The van der Waals surface area contributed by atoms with E-state index < -0.39 is 17.9 Å². The number of para-hydroxylation sites is 1. The van der Waals surface area contributed by atoms with Crippen LogP contribution in [0.25, 0.3) is 16.9 Å². The standard InChI is InChI=1S/C25H28ClN5O4/c1-3-14-30(25(34)27-16-24(33)35-4-2)17-23(32)28-22-15-20(18-10-6-5-7-11-18)29-31(22)21-13-9-8-12-19(21)26/h5-13,15H,3-4,14,16-17H2,1-2H3,(H,27,34)(H,28,32). The molecule has 0 atom stereocenters. The highest BCUT2D eigenvalue weighted by Gasteiger charge is 2.20. The van der Waals surface area contributed by atoms with Gasteiger partial charge in [-0.3, -0.25) is 9.59 Å². The number of anilines is 1. The third-order valence-electron chi connectivity index (χ3n) is 4.93. The summed E-state index contributed by atoms with van der Waals surface area (Å²) >= 11 is 6.40. The first-order valence-electron chi connectivity index (χ1n) is 11.3. The van der Waals surface area contributed by atoms with Crippen molar-refractivity contribution in [3.63, 3.8) is 0 Å². The molecule has 0 fully saturated rings. The highest BCUT2D eigenvalue weighted by atomic mass is 35.5. The molecule has 35 heavy (non-hydrogen) atoms. The van der Waals surface area contributed by atoms with E-state index in [1.54, 1.807) is 29.8 Å². The summed E-state index contributed by atoms with van der Waals surface area (Å²) in [5, 5.41) is 10.5. The van der Waals surface area contributed by atoms with Crippen molar-refractivity contribution in [2.24, 2.45) is 0 Å². The fraction of sp³-hybridized carbons (Fsp3) is 0.280. The quantitative estimate of drug-likeness (QED) is 0.410. The zero-order valence-electron chi connectivity index (χ0n) is 19.7. The molecular weight excluding hydrogens is 470 g/mol. The molecule has 0 unspecified atom stereocenters. The second kappa shape index (κ2) is 12.6. The zero-order chi connectivity index (χ0) is 25.2. The highest BCUT2D eigenvalue weighted by Crippen LogP contribution is 2.28. The van der Waals surface area contributed by atoms with Crippen LogP contribution in [0.2, 0.25) is 5.02 Å². The van der Waals surface area contributed by atoms with Crippen molar-refractivity contribution in [3.05, 3.63) is 65.7 Å². The molecule has 0 aliphatic heterocycles. The van der Waals surface area contributed by atoms with Gasteiger partial charge < -0.3 is 20.3 Å². The number of aromatic nitrogens is 2. The summed E-state index contributed by atoms with van der Waals surface area (Å²) in [6, 6.07) is 17.9. The van der Waals surface area contributed by atoms with Crippen LogP contribution in [-0.2, 0) is 14.3 Å². The van der Waals surface area contributed by atoms with Crippen molar-refractivity contribution < 1.29 is 19.1 Å². The topological polar surface area (TPSA) is 106 Å². The lowest BCUT2D eigenvalue weighted by molar-refractivity contribution is -0.141. The minimum absolute atomic E-state index is 0.211. The number of carbonyl (C=O) groups excluding carboxylic acids is 3. The van der Waals surface area contributed by atoms with Gasteiger partial charge in [-0.15, -0.1) is 0 Å². The number of nitrogens with one attached hydrogen (secondary N) is 2. The number of urea groups is 1. The van der Waals surface area contributed by atoms with Crippen molar-refractivity contribution in [1.82, 2.24) is 20.0 Å². The number of benzene rings is 2. The van der Waals surface area contributed by atoms with Gasteiger partial charge in [0.05, 0.1) is 23.0 Å². The van der Waals surface area contributed by atoms with Gasteiger partial charge in [-0.05, 0) is 25.5 Å². The molecule has 0 saturated heterocycles. The molecule has 3 rings (SSSR count). The summed E-state index contributed by atoms with van der Waals surface area (Å²) < 4.78 is 6.39. The van der Waals surface area contributed by atoms with Crippen LogP contribution in [0.4, 0.5) is 10.6 Å². The summed E-state index contributed by atoms with van der Waals surface area (Å²) in [4.78, 5) is 38.4. The van der Waals surface area contributed by atoms with Gasteiger partial charge in [-0.25, -0.2) is 9.48 Å². The molecule has 10 heteroatoms. The molecule has 9 nitrogen and oxygen atoms in total. The lowest BCUT2D eigenvalue weighted by Crippen LogP contribution is -2.46. The van der Waals surface area contributed by atoms with E-state index in [0.717, 1.165) is 5.56 Å². The smallest absolute Gasteiger partial charge is 0.325 e. The Bertz CT molecular complexity index is 1170. The molecule has 1 aromatic heterocycles. The molecule has 3 aromatic rings. The van der Waals surface area contributed by atoms with Crippen LogP contribution in [0.3, 0.4) is 0 Å². The predicted octanol–water partition coefficient (Wildman–Crippen LogP) is 4.12. The lowest BCUT2D eigenvalue weighted by atomic mass is 10.1. The number of halogens is 1. The number of esters is 1. The largest absolute Gasteiger partial charge is 0.465 e. The molecule has 2 N–H and O–H groups in total. The van der Waals surface area contributed by atoms with E-state index >= 15 is 0 Å². The average molecular weight is 498 g/mol. The third-order valence-corrected chi connectivity index (χ3v) is 5.25. The fourth-order valence-electron chi connectivity index (χ4n) is 3.38. The molecule has 3 amide bonds. The normalized spacial score (nSPS) is 10.5. The molecule has 0 spiro atoms. The van der Waals surface area contributed by atoms with E-state index in [2.05, 4.69) is 15.7 Å². The Balaban J connectivity index is 1.80. The van der Waals surface area contributed by atoms with Crippen molar-refractivity contribution in [2.45, 2.75) is 20.3 Å². The molecular formula is C25H28ClN5O4. The molecule has 2 aromatic carbocycles. The summed E-state index contributed by atoms with van der Waals surface area (Å²) in [5.41, 5.74) is 2.13. The molecule has 0 aliphatic carbocycles. The van der Waals surface area contributed by atoms with Crippen molar-refractivity contribution in [2.75, 3.05) is 31.6 Å². The van der Waals surface area contributed by atoms with E-state index in [9.17, 15) is 14.4 Å². The number of rotatable bonds is 10. The van der Waals surface area contributed by atoms with Crippen LogP contribution in [-0.4, -0.2) is 58.8 Å². The van der Waals surface area contributed by atoms with E-state index in [0.29, 0.717) is 35.2 Å². The van der Waals surface area contributed by atoms with E-state index in [1.807, 2.05) is 49.4 Å². The summed E-state index contributed by atoms with van der Waals surface area (Å²) in [6.45, 7) is 3.65. The molecule has 0 radical (unpaired) electrons. The number of nitrogens with zero attached hydrogens (tertiary/aromatic N) is 3. The maximum atomic E-state index is 13.0. The van der Waals surface area contributed by atoms with Gasteiger partial charge in [0.25, 0.3) is 0 Å². The van der Waals surface area contributed by atoms with Crippen LogP contribution in [0.1, 0.15) is 20.3 Å². The van der Waals surface area contributed by atoms with Crippen molar-refractivity contribution >= 4 is 35.3 Å². The summed E-state index contributed by atoms with van der Waals surface area (Å²) in [7, 11) is 0. The number of hydrogen-bond acceptors (Lipinski definition) is 5. The van der Waals surface area contributed by atoms with Gasteiger partial charge in [0.1, 0.15) is 18.9 Å². The predicted molar refractivity (Wildman–Crippen MR) is 135 cm³/mol. The van der Waals surface area contributed by atoms with Crippen LogP contribution >= 0.6 is 11.6 Å². The summed E-state index contributed by atoms with van der Waals surface area (Å²) in [5.74, 6) is -0.554. The maximum Gasteiger partial charge on any atom is 0.325 e. The van der Waals surface area contributed by atoms with Crippen LogP contribution in [0.15, 0.2) is 60.7 Å². The molecule has 0 saturated carbocycles. The Labute approximate surface area is 209 Å². The fourth-order valence-corrected chi connectivity index (χ4v) is 3.59. The maximum absolute atomic E-state index is 13.0. The number of amides is 3. The van der Waals surface area contributed by atoms with Crippen molar-refractivity contribution in [1.29, 1.82) is 0 Å². The molecule has 0 bridgehead atoms. The van der Waals surface area contributed by atoms with E-state index in [-0.39, 0.29) is 19.7 Å². The van der Waals surface area contributed by atoms with Crippen LogP contribution in [0.5, 0.6) is 0 Å². The molecule has 184 valence electrons. The van der Waals surface area contributed by atoms with Crippen molar-refractivity contribution in [3.8, 4) is 16.9 Å². The van der Waals surface area contributed by atoms with E-state index in [4.69, 9.17) is 16.3 Å². The zero-order valence-corrected chi connectivity index (χ0v) is 20.4. The van der Waals surface area contributed by atoms with Gasteiger partial charge in [-0.1, -0.05) is 61.0 Å². The van der Waals surface area contributed by atoms with Gasteiger partial charge in [0.2, 0.25) is 5.91 Å². The van der Waals surface area contributed by atoms with Crippen LogP contribution < -0.4 is 10.6 Å². The Hall–Kier alpha value is -3.85. The molecule has 1 heterocycles. The Morgan fingerprint density at radius 3 is 2.46 bits per heavy atom. The summed E-state index contributed by atoms with van der Waals surface area (Å²) in [6.07, 6.45) is 0.635. The first-order chi connectivity index (χ1) is 16.9. The highest BCUT2D eigenvalue weighted by molar-refractivity contribution is 6.32. The second-order valence-electron chi connectivity index (χ2n) is 7.58. The SMILES string of the molecule is CCCN(CC(=O)Nc1cc(-c2ccccc2)nn1-c1ccccc1Cl)C(=O)NCC(=O)OCC. The van der Waals surface area contributed by atoms with Crippen LogP contribution in [0, 0.1) is 0 Å². The second-order valence-corrected chi connectivity index (χ2v) is 7.98. The number of hydrogen-bond donors (Lipinski definition) is 2. The minimum Gasteiger partial charge on any atom is -0.465 e. The Morgan fingerprint density at radius 2 is 1.77 bits per heavy atom. The third kappa shape index (κ3) is 7.07. The first-order valence-corrected chi connectivity index (χ1v) is 11.7. The first kappa shape index (κ1) is 25.8. The Morgan fingerprint density at radius 1 is 1.06 bits per heavy atom.